The maximum absolute atomic E-state index is 14.1. The lowest BCUT2D eigenvalue weighted by Gasteiger charge is -2.33. The normalized spacial score (nSPS) is 14.2. The number of hydrogen-bond acceptors (Lipinski definition) is 7. The molecular formula is C36H43N3O7. The summed E-state index contributed by atoms with van der Waals surface area (Å²) in [5.74, 6) is -1.27. The molecule has 10 nitrogen and oxygen atoms in total. The molecule has 0 aliphatic heterocycles. The van der Waals surface area contributed by atoms with Crippen LogP contribution in [0.25, 0.3) is 0 Å². The molecule has 1 aliphatic rings. The summed E-state index contributed by atoms with van der Waals surface area (Å²) in [6, 6.07) is 21.1. The molecule has 4 rings (SSSR count). The van der Waals surface area contributed by atoms with E-state index in [9.17, 15) is 19.2 Å². The zero-order valence-corrected chi connectivity index (χ0v) is 26.5. The van der Waals surface area contributed by atoms with Gasteiger partial charge in [-0.05, 0) is 105 Å². The first-order valence-corrected chi connectivity index (χ1v) is 15.7. The van der Waals surface area contributed by atoms with Gasteiger partial charge >= 0.3 is 12.1 Å². The Bertz CT molecular complexity index is 1480. The smallest absolute Gasteiger partial charge is 0.416 e. The molecule has 0 bridgehead atoms. The molecule has 1 saturated carbocycles. The van der Waals surface area contributed by atoms with Crippen molar-refractivity contribution >= 4 is 29.6 Å². The molecule has 46 heavy (non-hydrogen) atoms. The molecule has 3 aromatic carbocycles. The number of carboxylic acids is 1. The Morgan fingerprint density at radius 2 is 1.57 bits per heavy atom. The van der Waals surface area contributed by atoms with Gasteiger partial charge in [0.15, 0.2) is 5.60 Å². The molecule has 0 heterocycles. The molecule has 0 aromatic heterocycles. The van der Waals surface area contributed by atoms with Gasteiger partial charge in [0.2, 0.25) is 5.91 Å². The summed E-state index contributed by atoms with van der Waals surface area (Å²) in [4.78, 5) is 52.4. The molecule has 0 saturated heterocycles. The summed E-state index contributed by atoms with van der Waals surface area (Å²) in [6.45, 7) is 4.00. The number of nitrogens with one attached hydrogen (secondary N) is 1. The first kappa shape index (κ1) is 34.2. The minimum Gasteiger partial charge on any atom is -0.480 e. The maximum atomic E-state index is 14.1. The number of nitrogens with two attached hydrogens (primary N) is 1. The summed E-state index contributed by atoms with van der Waals surface area (Å²) in [6.07, 6.45) is 2.74. The van der Waals surface area contributed by atoms with Crippen molar-refractivity contribution in [2.75, 3.05) is 11.9 Å². The van der Waals surface area contributed by atoms with Crippen LogP contribution in [0.1, 0.15) is 67.2 Å². The second-order valence-electron chi connectivity index (χ2n) is 12.0. The predicted molar refractivity (Wildman–Crippen MR) is 174 cm³/mol. The van der Waals surface area contributed by atoms with Gasteiger partial charge in [-0.3, -0.25) is 14.4 Å². The van der Waals surface area contributed by atoms with Crippen LogP contribution in [-0.4, -0.2) is 52.1 Å². The summed E-state index contributed by atoms with van der Waals surface area (Å²) in [5, 5.41) is 12.0. The molecule has 1 fully saturated rings. The van der Waals surface area contributed by atoms with Gasteiger partial charge in [-0.15, -0.1) is 0 Å². The highest BCUT2D eigenvalue weighted by Gasteiger charge is 2.48. The molecule has 244 valence electrons. The minimum atomic E-state index is -1.26. The standard InChI is InChI=1S/C36H43N3O7/c1-25-20-26(2)22-29(21-25)38-32(40)23-27-13-15-30(16-14-27)46-36(17-7-8-18-36)34(43)39(19-9-6-12-31(37)33(41)42)35(44)45-24-28-10-4-3-5-11-28/h3-5,10-11,13-16,20-22,31H,6-9,12,17-19,23-24,37H2,1-2H3,(H,38,40)(H,41,42)/t31-/m0/s1. The van der Waals surface area contributed by atoms with Gasteiger partial charge in [0, 0.05) is 12.2 Å². The minimum absolute atomic E-state index is 0.000273. The molecule has 3 aromatic rings. The Morgan fingerprint density at radius 3 is 2.20 bits per heavy atom. The molecule has 1 atom stereocenters. The number of nitrogens with zero attached hydrogens (tertiary/aromatic N) is 1. The Labute approximate surface area is 269 Å². The SMILES string of the molecule is Cc1cc(C)cc(NC(=O)Cc2ccc(OC3(C(=O)N(CCCC[C@H](N)C(=O)O)C(=O)OCc4ccccc4)CCCC3)cc2)c1. The molecule has 0 radical (unpaired) electrons. The number of aliphatic carboxylic acids is 1. The molecule has 0 unspecified atom stereocenters. The quantitative estimate of drug-likeness (QED) is 0.186. The number of unbranched alkanes of at least 4 members (excludes halogenated alkanes) is 1. The van der Waals surface area contributed by atoms with E-state index in [1.165, 1.54) is 0 Å². The number of carbonyl (C=O) groups is 4. The van der Waals surface area contributed by atoms with E-state index in [1.54, 1.807) is 24.3 Å². The van der Waals surface area contributed by atoms with E-state index in [-0.39, 0.29) is 31.9 Å². The van der Waals surface area contributed by atoms with Crippen molar-refractivity contribution in [3.05, 3.63) is 95.1 Å². The van der Waals surface area contributed by atoms with Crippen LogP contribution in [0.4, 0.5) is 10.5 Å². The lowest BCUT2D eigenvalue weighted by Crippen LogP contribution is -2.53. The van der Waals surface area contributed by atoms with Crippen LogP contribution < -0.4 is 15.8 Å². The Morgan fingerprint density at radius 1 is 0.913 bits per heavy atom. The third kappa shape index (κ3) is 9.65. The summed E-state index contributed by atoms with van der Waals surface area (Å²) in [5.41, 5.74) is 8.83. The number of aryl methyl sites for hydroxylation is 2. The highest BCUT2D eigenvalue weighted by Crippen LogP contribution is 2.37. The molecule has 4 N–H and O–H groups in total. The number of anilines is 1. The van der Waals surface area contributed by atoms with E-state index >= 15 is 0 Å². The molecule has 3 amide bonds. The number of hydrogen-bond donors (Lipinski definition) is 3. The second-order valence-corrected chi connectivity index (χ2v) is 12.0. The van der Waals surface area contributed by atoms with Crippen molar-refractivity contribution < 1.29 is 33.8 Å². The fraction of sp³-hybridized carbons (Fsp3) is 0.389. The zero-order valence-electron chi connectivity index (χ0n) is 26.5. The van der Waals surface area contributed by atoms with Crippen molar-refractivity contribution in [2.24, 2.45) is 5.73 Å². The molecule has 10 heteroatoms. The molecule has 1 aliphatic carbocycles. The van der Waals surface area contributed by atoms with Gasteiger partial charge < -0.3 is 25.6 Å². The van der Waals surface area contributed by atoms with Crippen LogP contribution in [0.5, 0.6) is 5.75 Å². The van der Waals surface area contributed by atoms with Crippen LogP contribution in [0.2, 0.25) is 0 Å². The molecule has 0 spiro atoms. The average molecular weight is 630 g/mol. The summed E-state index contributed by atoms with van der Waals surface area (Å²) < 4.78 is 11.9. The maximum Gasteiger partial charge on any atom is 0.416 e. The topological polar surface area (TPSA) is 148 Å². The number of imide groups is 1. The van der Waals surface area contributed by atoms with Crippen molar-refractivity contribution in [3.8, 4) is 5.75 Å². The van der Waals surface area contributed by atoms with Crippen LogP contribution in [0.3, 0.4) is 0 Å². The van der Waals surface area contributed by atoms with Crippen LogP contribution in [-0.2, 0) is 32.1 Å². The van der Waals surface area contributed by atoms with Crippen molar-refractivity contribution in [1.29, 1.82) is 0 Å². The third-order valence-corrected chi connectivity index (χ3v) is 8.04. The third-order valence-electron chi connectivity index (χ3n) is 8.04. The van der Waals surface area contributed by atoms with Crippen molar-refractivity contribution in [2.45, 2.75) is 83.5 Å². The highest BCUT2D eigenvalue weighted by atomic mass is 16.6. The Balaban J connectivity index is 1.44. The number of ether oxygens (including phenoxy) is 2. The van der Waals surface area contributed by atoms with E-state index in [4.69, 9.17) is 20.3 Å². The average Bonchev–Trinajstić information content (AvgIpc) is 3.50. The fourth-order valence-corrected chi connectivity index (χ4v) is 5.72. The highest BCUT2D eigenvalue weighted by molar-refractivity contribution is 5.97. The van der Waals surface area contributed by atoms with Crippen LogP contribution in [0.15, 0.2) is 72.8 Å². The number of benzene rings is 3. The first-order valence-electron chi connectivity index (χ1n) is 15.7. The second kappa shape index (κ2) is 16.0. The summed E-state index contributed by atoms with van der Waals surface area (Å²) >= 11 is 0. The van der Waals surface area contributed by atoms with Gasteiger partial charge in [0.25, 0.3) is 5.91 Å². The van der Waals surface area contributed by atoms with E-state index in [0.29, 0.717) is 31.4 Å². The Kier molecular flexibility index (Phi) is 11.9. The number of amides is 3. The monoisotopic (exact) mass is 629 g/mol. The summed E-state index contributed by atoms with van der Waals surface area (Å²) in [7, 11) is 0. The number of carboxylic acid groups (broad SMARTS) is 1. The van der Waals surface area contributed by atoms with Gasteiger partial charge in [-0.25, -0.2) is 9.69 Å². The van der Waals surface area contributed by atoms with E-state index < -0.39 is 29.6 Å². The lowest BCUT2D eigenvalue weighted by molar-refractivity contribution is -0.146. The number of carbonyl (C=O) groups excluding carboxylic acids is 3. The Hall–Kier alpha value is -4.70. The first-order chi connectivity index (χ1) is 22.0. The van der Waals surface area contributed by atoms with Crippen LogP contribution in [0, 0.1) is 13.8 Å². The van der Waals surface area contributed by atoms with E-state index in [2.05, 4.69) is 5.32 Å². The van der Waals surface area contributed by atoms with Crippen molar-refractivity contribution in [3.63, 3.8) is 0 Å². The molecular weight excluding hydrogens is 586 g/mol. The van der Waals surface area contributed by atoms with Gasteiger partial charge in [-0.2, -0.15) is 0 Å². The van der Waals surface area contributed by atoms with Crippen molar-refractivity contribution in [1.82, 2.24) is 4.90 Å². The van der Waals surface area contributed by atoms with Gasteiger partial charge in [0.1, 0.15) is 18.4 Å². The van der Waals surface area contributed by atoms with Gasteiger partial charge in [0.05, 0.1) is 6.42 Å². The zero-order chi connectivity index (χ0) is 33.1. The van der Waals surface area contributed by atoms with Gasteiger partial charge in [-0.1, -0.05) is 48.5 Å². The van der Waals surface area contributed by atoms with E-state index in [1.807, 2.05) is 62.4 Å². The lowest BCUT2D eigenvalue weighted by atomic mass is 9.99. The van der Waals surface area contributed by atoms with Crippen LogP contribution >= 0.6 is 0 Å². The fourth-order valence-electron chi connectivity index (χ4n) is 5.72. The largest absolute Gasteiger partial charge is 0.480 e. The van der Waals surface area contributed by atoms with E-state index in [0.717, 1.165) is 45.7 Å². The number of rotatable bonds is 14. The predicted octanol–water partition coefficient (Wildman–Crippen LogP) is 5.92.